The van der Waals surface area contributed by atoms with E-state index < -0.39 is 4.92 Å². The highest BCUT2D eigenvalue weighted by atomic mass is 16.6. The van der Waals surface area contributed by atoms with Crippen LogP contribution < -0.4 is 5.32 Å². The van der Waals surface area contributed by atoms with Gasteiger partial charge in [0.25, 0.3) is 5.69 Å². The molecule has 0 radical (unpaired) electrons. The lowest BCUT2D eigenvalue weighted by atomic mass is 10.1. The van der Waals surface area contributed by atoms with Crippen molar-refractivity contribution in [1.82, 2.24) is 9.97 Å². The largest absolute Gasteiger partial charge is 0.365 e. The highest BCUT2D eigenvalue weighted by molar-refractivity contribution is 5.94. The summed E-state index contributed by atoms with van der Waals surface area (Å²) in [4.78, 5) is 18.7. The molecule has 0 fully saturated rings. The Kier molecular flexibility index (Phi) is 4.96. The third-order valence-electron chi connectivity index (χ3n) is 2.33. The lowest BCUT2D eigenvalue weighted by molar-refractivity contribution is -0.383. The minimum Gasteiger partial charge on any atom is -0.365 e. The van der Waals surface area contributed by atoms with Crippen LogP contribution in [0.15, 0.2) is 24.5 Å². The Morgan fingerprint density at radius 3 is 2.40 bits per heavy atom. The monoisotopic (exact) mass is 276 g/mol. The van der Waals surface area contributed by atoms with Crippen molar-refractivity contribution in [3.05, 3.63) is 34.6 Å². The van der Waals surface area contributed by atoms with E-state index in [9.17, 15) is 10.1 Å². The second-order valence-electron chi connectivity index (χ2n) is 5.03. The fourth-order valence-corrected chi connectivity index (χ4v) is 1.67. The highest BCUT2D eigenvalue weighted by Crippen LogP contribution is 2.28. The molecule has 1 aromatic carbocycles. The number of non-ortho nitro benzene ring substituents is 1. The first-order valence-corrected chi connectivity index (χ1v) is 6.55. The molecule has 108 valence electrons. The van der Waals surface area contributed by atoms with E-state index >= 15 is 0 Å². The Morgan fingerprint density at radius 2 is 1.85 bits per heavy atom. The lowest BCUT2D eigenvalue weighted by Crippen LogP contribution is -2.26. The second kappa shape index (κ2) is 6.27. The van der Waals surface area contributed by atoms with Gasteiger partial charge in [-0.05, 0) is 26.8 Å². The van der Waals surface area contributed by atoms with Gasteiger partial charge >= 0.3 is 0 Å². The van der Waals surface area contributed by atoms with Crippen LogP contribution in [0.3, 0.4) is 0 Å². The molecule has 0 saturated heterocycles. The molecule has 0 atom stereocenters. The quantitative estimate of drug-likeness (QED) is 0.667. The van der Waals surface area contributed by atoms with E-state index in [1.807, 2.05) is 34.6 Å². The number of rotatable bonds is 2. The Labute approximate surface area is 118 Å². The number of nitro benzene ring substituents is 1. The Morgan fingerprint density at radius 1 is 1.20 bits per heavy atom. The molecular weight excluding hydrogens is 256 g/mol. The molecule has 0 bridgehead atoms. The third kappa shape index (κ3) is 3.63. The molecule has 0 aliphatic rings. The van der Waals surface area contributed by atoms with Crippen molar-refractivity contribution in [1.29, 1.82) is 0 Å². The Bertz CT molecular complexity index is 606. The van der Waals surface area contributed by atoms with Crippen LogP contribution in [0.1, 0.15) is 34.6 Å². The second-order valence-corrected chi connectivity index (χ2v) is 5.03. The molecule has 0 aliphatic carbocycles. The van der Waals surface area contributed by atoms with E-state index in [1.165, 1.54) is 12.4 Å². The van der Waals surface area contributed by atoms with Crippen molar-refractivity contribution < 1.29 is 4.92 Å². The number of aromatic nitrogens is 2. The van der Waals surface area contributed by atoms with Crippen LogP contribution in [0.25, 0.3) is 10.9 Å². The van der Waals surface area contributed by atoms with Gasteiger partial charge in [0.05, 0.1) is 4.92 Å². The van der Waals surface area contributed by atoms with Gasteiger partial charge < -0.3 is 5.32 Å². The summed E-state index contributed by atoms with van der Waals surface area (Å²) in [6.07, 6.45) is 1.34. The maximum Gasteiger partial charge on any atom is 0.295 e. The molecule has 0 unspecified atom stereocenters. The Balaban J connectivity index is 0.000000956. The number of nitro groups is 1. The minimum absolute atomic E-state index is 0.00754. The molecule has 2 aromatic rings. The summed E-state index contributed by atoms with van der Waals surface area (Å²) >= 11 is 0. The molecule has 0 amide bonds. The first-order chi connectivity index (χ1) is 9.38. The van der Waals surface area contributed by atoms with Crippen molar-refractivity contribution >= 4 is 22.4 Å². The molecule has 20 heavy (non-hydrogen) atoms. The van der Waals surface area contributed by atoms with Crippen LogP contribution in [0.5, 0.6) is 0 Å². The van der Waals surface area contributed by atoms with E-state index in [4.69, 9.17) is 0 Å². The van der Waals surface area contributed by atoms with Gasteiger partial charge in [0, 0.05) is 17.0 Å². The molecule has 0 spiro atoms. The van der Waals surface area contributed by atoms with Crippen LogP contribution in [-0.2, 0) is 0 Å². The Hall–Kier alpha value is -2.24. The number of hydrogen-bond donors (Lipinski definition) is 1. The number of hydrogen-bond acceptors (Lipinski definition) is 5. The summed E-state index contributed by atoms with van der Waals surface area (Å²) in [6.45, 7) is 9.99. The predicted octanol–water partition coefficient (Wildman–Crippen LogP) is 3.77. The standard InChI is InChI=1S/C12H14N4O2.C2H6/c1-12(2,3)15-11-8-5-4-6-9(16(17)18)10(8)13-7-14-11;1-2/h4-7H,1-3H3,(H,13,14,15);1-2H3. The van der Waals surface area contributed by atoms with Crippen molar-refractivity contribution in [2.45, 2.75) is 40.2 Å². The molecule has 0 aliphatic heterocycles. The van der Waals surface area contributed by atoms with Crippen LogP contribution in [0.4, 0.5) is 11.5 Å². The fraction of sp³-hybridized carbons (Fsp3) is 0.429. The van der Waals surface area contributed by atoms with Gasteiger partial charge in [-0.15, -0.1) is 0 Å². The number of para-hydroxylation sites is 1. The van der Waals surface area contributed by atoms with Crippen LogP contribution >= 0.6 is 0 Å². The highest BCUT2D eigenvalue weighted by Gasteiger charge is 2.17. The summed E-state index contributed by atoms with van der Waals surface area (Å²) in [7, 11) is 0. The van der Waals surface area contributed by atoms with Gasteiger partial charge in [-0.25, -0.2) is 9.97 Å². The van der Waals surface area contributed by atoms with Crippen molar-refractivity contribution in [2.24, 2.45) is 0 Å². The molecule has 0 saturated carbocycles. The average molecular weight is 276 g/mol. The zero-order valence-electron chi connectivity index (χ0n) is 12.5. The van der Waals surface area contributed by atoms with Crippen LogP contribution in [0.2, 0.25) is 0 Å². The lowest BCUT2D eigenvalue weighted by Gasteiger charge is -2.21. The van der Waals surface area contributed by atoms with Crippen molar-refractivity contribution in [2.75, 3.05) is 5.32 Å². The van der Waals surface area contributed by atoms with Crippen molar-refractivity contribution in [3.8, 4) is 0 Å². The normalized spacial score (nSPS) is 10.7. The summed E-state index contributed by atoms with van der Waals surface area (Å²) in [5.41, 5.74) is 0.169. The first kappa shape index (κ1) is 15.8. The molecule has 6 heteroatoms. The summed E-state index contributed by atoms with van der Waals surface area (Å²) < 4.78 is 0. The topological polar surface area (TPSA) is 81.0 Å². The first-order valence-electron chi connectivity index (χ1n) is 6.55. The van der Waals surface area contributed by atoms with E-state index in [2.05, 4.69) is 15.3 Å². The summed E-state index contributed by atoms with van der Waals surface area (Å²) in [5, 5.41) is 14.8. The molecule has 6 nitrogen and oxygen atoms in total. The number of anilines is 1. The average Bonchev–Trinajstić information content (AvgIpc) is 2.39. The molecular formula is C14H20N4O2. The number of benzene rings is 1. The van der Waals surface area contributed by atoms with Gasteiger partial charge in [-0.3, -0.25) is 10.1 Å². The number of fused-ring (bicyclic) bond motifs is 1. The van der Waals surface area contributed by atoms with Gasteiger partial charge in [0.1, 0.15) is 12.1 Å². The maximum atomic E-state index is 10.9. The van der Waals surface area contributed by atoms with Crippen molar-refractivity contribution in [3.63, 3.8) is 0 Å². The van der Waals surface area contributed by atoms with Gasteiger partial charge in [-0.2, -0.15) is 0 Å². The van der Waals surface area contributed by atoms with Gasteiger partial charge in [0.2, 0.25) is 0 Å². The minimum atomic E-state index is -0.434. The van der Waals surface area contributed by atoms with Gasteiger partial charge in [-0.1, -0.05) is 19.9 Å². The zero-order chi connectivity index (χ0) is 15.3. The molecule has 1 aromatic heterocycles. The number of nitrogens with zero attached hydrogens (tertiary/aromatic N) is 3. The van der Waals surface area contributed by atoms with Gasteiger partial charge in [0.15, 0.2) is 5.52 Å². The van der Waals surface area contributed by atoms with E-state index in [0.717, 1.165) is 0 Å². The SMILES string of the molecule is CC.CC(C)(C)Nc1ncnc2c([N+](=O)[O-])cccc12. The van der Waals surface area contributed by atoms with E-state index in [-0.39, 0.29) is 11.2 Å². The summed E-state index contributed by atoms with van der Waals surface area (Å²) in [6, 6.07) is 4.85. The van der Waals surface area contributed by atoms with E-state index in [0.29, 0.717) is 16.7 Å². The molecule has 1 N–H and O–H groups in total. The zero-order valence-corrected chi connectivity index (χ0v) is 12.5. The van der Waals surface area contributed by atoms with Crippen LogP contribution in [0, 0.1) is 10.1 Å². The van der Waals surface area contributed by atoms with E-state index in [1.54, 1.807) is 12.1 Å². The van der Waals surface area contributed by atoms with Crippen LogP contribution in [-0.4, -0.2) is 20.4 Å². The summed E-state index contributed by atoms with van der Waals surface area (Å²) in [5.74, 6) is 0.608. The smallest absolute Gasteiger partial charge is 0.295 e. The number of nitrogens with one attached hydrogen (secondary N) is 1. The molecule has 1 heterocycles. The third-order valence-corrected chi connectivity index (χ3v) is 2.33. The fourth-order valence-electron chi connectivity index (χ4n) is 1.67. The predicted molar refractivity (Wildman–Crippen MR) is 80.9 cm³/mol. The maximum absolute atomic E-state index is 10.9. The molecule has 2 rings (SSSR count).